The minimum absolute atomic E-state index is 0.0294. The third-order valence-corrected chi connectivity index (χ3v) is 1.85. The van der Waals surface area contributed by atoms with Gasteiger partial charge in [0.15, 0.2) is 0 Å². The molecule has 0 radical (unpaired) electrons. The maximum atomic E-state index is 11.7. The molecular formula is C7H9F3N2. The van der Waals surface area contributed by atoms with Crippen LogP contribution >= 0.6 is 0 Å². The number of halogens is 3. The van der Waals surface area contributed by atoms with Gasteiger partial charge in [-0.05, 0) is 0 Å². The molecule has 0 atom stereocenters. The summed E-state index contributed by atoms with van der Waals surface area (Å²) in [6.07, 6.45) is -4.84. The Labute approximate surface area is 68.6 Å². The lowest BCUT2D eigenvalue weighted by molar-refractivity contribution is -0.140. The quantitative estimate of drug-likeness (QED) is 0.639. The predicted molar refractivity (Wildman–Crippen MR) is 36.2 cm³/mol. The van der Waals surface area contributed by atoms with Gasteiger partial charge in [0.05, 0.1) is 18.4 Å². The Morgan fingerprint density at radius 3 is 2.42 bits per heavy atom. The highest BCUT2D eigenvalue weighted by Gasteiger charge is 2.32. The predicted octanol–water partition coefficient (Wildman–Crippen LogP) is 1.39. The van der Waals surface area contributed by atoms with Crippen LogP contribution in [0.4, 0.5) is 13.2 Å². The lowest BCUT2D eigenvalue weighted by Gasteiger charge is -2.35. The summed E-state index contributed by atoms with van der Waals surface area (Å²) in [7, 11) is 0. The molecule has 0 aromatic rings. The molecule has 1 rings (SSSR count). The Balaban J connectivity index is 2.09. The molecule has 0 spiro atoms. The van der Waals surface area contributed by atoms with Crippen molar-refractivity contribution in [2.45, 2.75) is 12.6 Å². The van der Waals surface area contributed by atoms with Gasteiger partial charge in [0.2, 0.25) is 0 Å². The number of hydrogen-bond donors (Lipinski definition) is 0. The number of hydrogen-bond acceptors (Lipinski definition) is 2. The molecule has 0 bridgehead atoms. The van der Waals surface area contributed by atoms with Crippen LogP contribution in [-0.2, 0) is 0 Å². The first-order valence-corrected chi connectivity index (χ1v) is 3.70. The molecule has 0 saturated carbocycles. The van der Waals surface area contributed by atoms with E-state index in [0.29, 0.717) is 13.1 Å². The summed E-state index contributed by atoms with van der Waals surface area (Å²) in [6.45, 7) is 1.01. The molecule has 1 saturated heterocycles. The minimum Gasteiger partial charge on any atom is -0.300 e. The van der Waals surface area contributed by atoms with Crippen molar-refractivity contribution in [3.8, 4) is 6.07 Å². The van der Waals surface area contributed by atoms with E-state index in [2.05, 4.69) is 0 Å². The van der Waals surface area contributed by atoms with Gasteiger partial charge in [0.25, 0.3) is 0 Å². The summed E-state index contributed by atoms with van der Waals surface area (Å²) < 4.78 is 35.0. The van der Waals surface area contributed by atoms with Crippen molar-refractivity contribution in [3.05, 3.63) is 0 Å². The molecule has 0 aliphatic carbocycles. The van der Waals surface area contributed by atoms with Gasteiger partial charge in [-0.15, -0.1) is 0 Å². The SMILES string of the molecule is N#CC1CN(CCC(F)(F)F)C1. The van der Waals surface area contributed by atoms with Crippen molar-refractivity contribution < 1.29 is 13.2 Å². The highest BCUT2D eigenvalue weighted by molar-refractivity contribution is 4.94. The lowest BCUT2D eigenvalue weighted by atomic mass is 10.0. The number of likely N-dealkylation sites (tertiary alicyclic amines) is 1. The molecule has 0 unspecified atom stereocenters. The molecule has 68 valence electrons. The topological polar surface area (TPSA) is 27.0 Å². The van der Waals surface area contributed by atoms with Gasteiger partial charge in [-0.2, -0.15) is 18.4 Å². The Kier molecular flexibility index (Phi) is 2.58. The molecule has 1 aliphatic heterocycles. The average Bonchev–Trinajstić information content (AvgIpc) is 1.82. The molecule has 0 N–H and O–H groups in total. The van der Waals surface area contributed by atoms with Gasteiger partial charge in [-0.25, -0.2) is 0 Å². The van der Waals surface area contributed by atoms with Gasteiger partial charge < -0.3 is 4.90 Å². The standard InChI is InChI=1S/C7H9F3N2/c8-7(9,10)1-2-12-4-6(3-11)5-12/h6H,1-2,4-5H2. The summed E-state index contributed by atoms with van der Waals surface area (Å²) in [6, 6.07) is 2.01. The van der Waals surface area contributed by atoms with Crippen LogP contribution in [-0.4, -0.2) is 30.7 Å². The smallest absolute Gasteiger partial charge is 0.300 e. The second-order valence-electron chi connectivity index (χ2n) is 2.95. The van der Waals surface area contributed by atoms with E-state index in [1.54, 1.807) is 4.90 Å². The zero-order chi connectivity index (χ0) is 9.19. The fourth-order valence-electron chi connectivity index (χ4n) is 1.12. The molecule has 5 heteroatoms. The van der Waals surface area contributed by atoms with Gasteiger partial charge in [0.1, 0.15) is 0 Å². The van der Waals surface area contributed by atoms with E-state index in [9.17, 15) is 13.2 Å². The second kappa shape index (κ2) is 3.31. The van der Waals surface area contributed by atoms with E-state index in [1.807, 2.05) is 6.07 Å². The largest absolute Gasteiger partial charge is 0.390 e. The number of nitriles is 1. The first kappa shape index (κ1) is 9.33. The van der Waals surface area contributed by atoms with Gasteiger partial charge in [0, 0.05) is 19.6 Å². The van der Waals surface area contributed by atoms with E-state index in [4.69, 9.17) is 5.26 Å². The first-order valence-electron chi connectivity index (χ1n) is 3.70. The van der Waals surface area contributed by atoms with E-state index >= 15 is 0 Å². The highest BCUT2D eigenvalue weighted by Crippen LogP contribution is 2.22. The fraction of sp³-hybridized carbons (Fsp3) is 0.857. The molecule has 1 aliphatic rings. The molecule has 1 fully saturated rings. The summed E-state index contributed by atoms with van der Waals surface area (Å²) >= 11 is 0. The fourth-order valence-corrected chi connectivity index (χ4v) is 1.12. The molecule has 2 nitrogen and oxygen atoms in total. The Morgan fingerprint density at radius 2 is 2.00 bits per heavy atom. The van der Waals surface area contributed by atoms with Gasteiger partial charge in [-0.1, -0.05) is 0 Å². The molecule has 1 heterocycles. The third kappa shape index (κ3) is 2.70. The average molecular weight is 178 g/mol. The first-order chi connectivity index (χ1) is 5.51. The van der Waals surface area contributed by atoms with Crippen LogP contribution in [0.1, 0.15) is 6.42 Å². The van der Waals surface area contributed by atoms with Crippen LogP contribution in [0.3, 0.4) is 0 Å². The van der Waals surface area contributed by atoms with Crippen LogP contribution in [0.15, 0.2) is 0 Å². The van der Waals surface area contributed by atoms with Crippen LogP contribution < -0.4 is 0 Å². The summed E-state index contributed by atoms with van der Waals surface area (Å²) in [5, 5.41) is 8.33. The van der Waals surface area contributed by atoms with Crippen molar-refractivity contribution >= 4 is 0 Å². The van der Waals surface area contributed by atoms with Crippen molar-refractivity contribution in [1.29, 1.82) is 5.26 Å². The summed E-state index contributed by atoms with van der Waals surface area (Å²) in [5.74, 6) is -0.0572. The molecule has 0 amide bonds. The summed E-state index contributed by atoms with van der Waals surface area (Å²) in [4.78, 5) is 1.64. The zero-order valence-electron chi connectivity index (χ0n) is 6.43. The Bertz CT molecular complexity index is 188. The maximum absolute atomic E-state index is 11.7. The highest BCUT2D eigenvalue weighted by atomic mass is 19.4. The molecule has 12 heavy (non-hydrogen) atoms. The maximum Gasteiger partial charge on any atom is 0.390 e. The van der Waals surface area contributed by atoms with Crippen LogP contribution in [0.2, 0.25) is 0 Å². The molecule has 0 aromatic carbocycles. The van der Waals surface area contributed by atoms with Crippen molar-refractivity contribution in [2.24, 2.45) is 5.92 Å². The van der Waals surface area contributed by atoms with E-state index in [-0.39, 0.29) is 12.5 Å². The van der Waals surface area contributed by atoms with Crippen LogP contribution in [0, 0.1) is 17.2 Å². The lowest BCUT2D eigenvalue weighted by Crippen LogP contribution is -2.46. The van der Waals surface area contributed by atoms with E-state index in [0.717, 1.165) is 0 Å². The monoisotopic (exact) mass is 178 g/mol. The number of nitrogens with zero attached hydrogens (tertiary/aromatic N) is 2. The third-order valence-electron chi connectivity index (χ3n) is 1.85. The molecular weight excluding hydrogens is 169 g/mol. The van der Waals surface area contributed by atoms with Crippen molar-refractivity contribution in [2.75, 3.05) is 19.6 Å². The van der Waals surface area contributed by atoms with Crippen LogP contribution in [0.25, 0.3) is 0 Å². The number of rotatable bonds is 2. The van der Waals surface area contributed by atoms with Crippen molar-refractivity contribution in [1.82, 2.24) is 4.90 Å². The van der Waals surface area contributed by atoms with E-state index in [1.165, 1.54) is 0 Å². The Hall–Kier alpha value is -0.760. The van der Waals surface area contributed by atoms with Gasteiger partial charge in [-0.3, -0.25) is 0 Å². The number of alkyl halides is 3. The normalized spacial score (nSPS) is 20.2. The van der Waals surface area contributed by atoms with Gasteiger partial charge >= 0.3 is 6.18 Å². The van der Waals surface area contributed by atoms with E-state index < -0.39 is 12.6 Å². The molecule has 0 aromatic heterocycles. The second-order valence-corrected chi connectivity index (χ2v) is 2.95. The Morgan fingerprint density at radius 1 is 1.42 bits per heavy atom. The summed E-state index contributed by atoms with van der Waals surface area (Å²) in [5.41, 5.74) is 0. The minimum atomic E-state index is -4.07. The van der Waals surface area contributed by atoms with Crippen LogP contribution in [0.5, 0.6) is 0 Å². The zero-order valence-corrected chi connectivity index (χ0v) is 6.43. The van der Waals surface area contributed by atoms with Crippen molar-refractivity contribution in [3.63, 3.8) is 0 Å².